The van der Waals surface area contributed by atoms with Crippen molar-refractivity contribution in [3.8, 4) is 0 Å². The minimum atomic E-state index is 0.574. The summed E-state index contributed by atoms with van der Waals surface area (Å²) in [6, 6.07) is 1.64. The van der Waals surface area contributed by atoms with E-state index in [2.05, 4.69) is 31.0 Å². The molecular formula is C12H24N2. The zero-order valence-electron chi connectivity index (χ0n) is 9.84. The number of nitrogens with one attached hydrogen (secondary N) is 1. The molecule has 2 unspecified atom stereocenters. The van der Waals surface area contributed by atoms with Gasteiger partial charge in [0.2, 0.25) is 0 Å². The van der Waals surface area contributed by atoms with Crippen LogP contribution >= 0.6 is 0 Å². The lowest BCUT2D eigenvalue weighted by atomic mass is 9.66. The summed E-state index contributed by atoms with van der Waals surface area (Å²) in [6.45, 7) is 10.8. The first-order valence-electron chi connectivity index (χ1n) is 6.11. The molecule has 2 nitrogen and oxygen atoms in total. The van der Waals surface area contributed by atoms with E-state index in [9.17, 15) is 0 Å². The van der Waals surface area contributed by atoms with Gasteiger partial charge < -0.3 is 5.32 Å². The van der Waals surface area contributed by atoms with Gasteiger partial charge in [0, 0.05) is 31.7 Å². The van der Waals surface area contributed by atoms with Crippen LogP contribution in [0.3, 0.4) is 0 Å². The fraction of sp³-hybridized carbons (Fsp3) is 1.00. The van der Waals surface area contributed by atoms with E-state index in [0.717, 1.165) is 12.1 Å². The van der Waals surface area contributed by atoms with Gasteiger partial charge in [-0.3, -0.25) is 4.90 Å². The molecule has 82 valence electrons. The smallest absolute Gasteiger partial charge is 0.0221 e. The van der Waals surface area contributed by atoms with Gasteiger partial charge in [-0.15, -0.1) is 0 Å². The highest BCUT2D eigenvalue weighted by atomic mass is 15.3. The number of rotatable bonds is 2. The van der Waals surface area contributed by atoms with Crippen molar-refractivity contribution in [3.63, 3.8) is 0 Å². The van der Waals surface area contributed by atoms with Gasteiger partial charge >= 0.3 is 0 Å². The van der Waals surface area contributed by atoms with Crippen molar-refractivity contribution in [2.24, 2.45) is 5.41 Å². The molecule has 0 spiro atoms. The van der Waals surface area contributed by atoms with Crippen LogP contribution < -0.4 is 5.32 Å². The second-order valence-corrected chi connectivity index (χ2v) is 5.55. The molecule has 2 heteroatoms. The molecule has 2 atom stereocenters. The van der Waals surface area contributed by atoms with Crippen LogP contribution in [-0.4, -0.2) is 36.6 Å². The predicted octanol–water partition coefficient (Wildman–Crippen LogP) is 1.86. The molecule has 0 aromatic carbocycles. The lowest BCUT2D eigenvalue weighted by Crippen LogP contribution is -2.61. The van der Waals surface area contributed by atoms with Crippen molar-refractivity contribution in [2.75, 3.05) is 19.6 Å². The minimum absolute atomic E-state index is 0.574. The van der Waals surface area contributed by atoms with Crippen LogP contribution in [0.1, 0.15) is 40.0 Å². The second-order valence-electron chi connectivity index (χ2n) is 5.55. The summed E-state index contributed by atoms with van der Waals surface area (Å²) in [5.74, 6) is 0. The van der Waals surface area contributed by atoms with Gasteiger partial charge in [0.05, 0.1) is 0 Å². The SMILES string of the molecule is CCC1CNCCN1C1CCC1(C)C. The molecule has 1 aliphatic carbocycles. The molecule has 2 rings (SSSR count). The van der Waals surface area contributed by atoms with Crippen LogP contribution in [0.15, 0.2) is 0 Å². The summed E-state index contributed by atoms with van der Waals surface area (Å²) in [5, 5.41) is 3.50. The van der Waals surface area contributed by atoms with Crippen LogP contribution in [0.25, 0.3) is 0 Å². The fourth-order valence-corrected chi connectivity index (χ4v) is 3.03. The molecule has 1 saturated heterocycles. The Kier molecular flexibility index (Phi) is 2.85. The molecule has 2 fully saturated rings. The van der Waals surface area contributed by atoms with Crippen LogP contribution in [0, 0.1) is 5.41 Å². The monoisotopic (exact) mass is 196 g/mol. The molecule has 0 aromatic heterocycles. The van der Waals surface area contributed by atoms with Crippen molar-refractivity contribution >= 4 is 0 Å². The molecule has 0 radical (unpaired) electrons. The molecule has 1 saturated carbocycles. The lowest BCUT2D eigenvalue weighted by molar-refractivity contribution is -0.0352. The van der Waals surface area contributed by atoms with E-state index in [1.54, 1.807) is 0 Å². The van der Waals surface area contributed by atoms with Gasteiger partial charge in [-0.05, 0) is 24.7 Å². The molecular weight excluding hydrogens is 172 g/mol. The van der Waals surface area contributed by atoms with Crippen molar-refractivity contribution in [2.45, 2.75) is 52.1 Å². The Hall–Kier alpha value is -0.0800. The van der Waals surface area contributed by atoms with Crippen molar-refractivity contribution in [1.82, 2.24) is 10.2 Å². The van der Waals surface area contributed by atoms with Gasteiger partial charge in [-0.1, -0.05) is 20.8 Å². The maximum Gasteiger partial charge on any atom is 0.0221 e. The first-order chi connectivity index (χ1) is 6.65. The van der Waals surface area contributed by atoms with Crippen LogP contribution in [0.4, 0.5) is 0 Å². The Morgan fingerprint density at radius 1 is 1.43 bits per heavy atom. The van der Waals surface area contributed by atoms with Crippen molar-refractivity contribution in [3.05, 3.63) is 0 Å². The first-order valence-corrected chi connectivity index (χ1v) is 6.11. The molecule has 2 aliphatic rings. The van der Waals surface area contributed by atoms with Crippen LogP contribution in [-0.2, 0) is 0 Å². The van der Waals surface area contributed by atoms with E-state index >= 15 is 0 Å². The number of piperazine rings is 1. The Balaban J connectivity index is 2.00. The minimum Gasteiger partial charge on any atom is -0.314 e. The topological polar surface area (TPSA) is 15.3 Å². The van der Waals surface area contributed by atoms with Crippen LogP contribution in [0.5, 0.6) is 0 Å². The highest BCUT2D eigenvalue weighted by Gasteiger charge is 2.44. The average molecular weight is 196 g/mol. The molecule has 0 amide bonds. The standard InChI is InChI=1S/C12H24N2/c1-4-10-9-13-7-8-14(10)11-5-6-12(11,2)3/h10-11,13H,4-9H2,1-3H3. The van der Waals surface area contributed by atoms with Gasteiger partial charge in [-0.2, -0.15) is 0 Å². The summed E-state index contributed by atoms with van der Waals surface area (Å²) in [4.78, 5) is 2.76. The zero-order chi connectivity index (χ0) is 10.2. The molecule has 0 bridgehead atoms. The quantitative estimate of drug-likeness (QED) is 0.725. The Labute approximate surface area is 88.1 Å². The van der Waals surface area contributed by atoms with E-state index < -0.39 is 0 Å². The van der Waals surface area contributed by atoms with E-state index in [1.165, 1.54) is 38.9 Å². The van der Waals surface area contributed by atoms with E-state index in [1.807, 2.05) is 0 Å². The molecule has 1 aliphatic heterocycles. The largest absolute Gasteiger partial charge is 0.314 e. The predicted molar refractivity (Wildman–Crippen MR) is 60.5 cm³/mol. The van der Waals surface area contributed by atoms with Gasteiger partial charge in [0.25, 0.3) is 0 Å². The van der Waals surface area contributed by atoms with E-state index in [0.29, 0.717) is 5.41 Å². The maximum atomic E-state index is 3.50. The number of nitrogens with zero attached hydrogens (tertiary/aromatic N) is 1. The number of hydrogen-bond donors (Lipinski definition) is 1. The summed E-state index contributed by atoms with van der Waals surface area (Å²) in [7, 11) is 0. The van der Waals surface area contributed by atoms with Crippen molar-refractivity contribution in [1.29, 1.82) is 0 Å². The van der Waals surface area contributed by atoms with Gasteiger partial charge in [-0.25, -0.2) is 0 Å². The lowest BCUT2D eigenvalue weighted by Gasteiger charge is -2.54. The molecule has 1 heterocycles. The summed E-state index contributed by atoms with van der Waals surface area (Å²) in [5.41, 5.74) is 0.574. The van der Waals surface area contributed by atoms with E-state index in [4.69, 9.17) is 0 Å². The van der Waals surface area contributed by atoms with E-state index in [-0.39, 0.29) is 0 Å². The normalized spacial score (nSPS) is 37.9. The maximum absolute atomic E-state index is 3.50. The third kappa shape index (κ3) is 1.70. The van der Waals surface area contributed by atoms with Gasteiger partial charge in [0.15, 0.2) is 0 Å². The van der Waals surface area contributed by atoms with Gasteiger partial charge in [0.1, 0.15) is 0 Å². The highest BCUT2D eigenvalue weighted by Crippen LogP contribution is 2.44. The molecule has 1 N–H and O–H groups in total. The Bertz CT molecular complexity index is 200. The van der Waals surface area contributed by atoms with Crippen molar-refractivity contribution < 1.29 is 0 Å². The third-order valence-corrected chi connectivity index (χ3v) is 4.23. The Morgan fingerprint density at radius 2 is 2.21 bits per heavy atom. The fourth-order valence-electron chi connectivity index (χ4n) is 3.03. The first kappa shape index (κ1) is 10.4. The summed E-state index contributed by atoms with van der Waals surface area (Å²) >= 11 is 0. The average Bonchev–Trinajstić information content (AvgIpc) is 2.17. The molecule has 0 aromatic rings. The number of hydrogen-bond acceptors (Lipinski definition) is 2. The third-order valence-electron chi connectivity index (χ3n) is 4.23. The summed E-state index contributed by atoms with van der Waals surface area (Å²) < 4.78 is 0. The molecule has 14 heavy (non-hydrogen) atoms. The second kappa shape index (κ2) is 3.82. The highest BCUT2D eigenvalue weighted by molar-refractivity contribution is 4.99. The zero-order valence-corrected chi connectivity index (χ0v) is 9.84. The van der Waals surface area contributed by atoms with Crippen LogP contribution in [0.2, 0.25) is 0 Å². The summed E-state index contributed by atoms with van der Waals surface area (Å²) in [6.07, 6.45) is 4.13. The Morgan fingerprint density at radius 3 is 2.71 bits per heavy atom.